The molecule has 0 rings (SSSR count). The van der Waals surface area contributed by atoms with Crippen LogP contribution < -0.4 is 0 Å². The summed E-state index contributed by atoms with van der Waals surface area (Å²) in [6.07, 6.45) is 9.59. The van der Waals surface area contributed by atoms with Crippen LogP contribution in [-0.2, 0) is 46.3 Å². The lowest BCUT2D eigenvalue weighted by atomic mass is 10.7. The maximum atomic E-state index is 13.5. The first-order chi connectivity index (χ1) is 14.0. The summed E-state index contributed by atoms with van der Waals surface area (Å²) in [6, 6.07) is 0. The highest BCUT2D eigenvalue weighted by molar-refractivity contribution is 7.55. The van der Waals surface area contributed by atoms with Crippen LogP contribution in [0.5, 0.6) is 0 Å². The minimum absolute atomic E-state index is 0.0416. The van der Waals surface area contributed by atoms with Gasteiger partial charge < -0.3 is 27.6 Å². The van der Waals surface area contributed by atoms with Crippen LogP contribution in [0.15, 0.2) is 0 Å². The number of carbonyl (C=O) groups is 2. The number of esters is 2. The molecule has 10 nitrogen and oxygen atoms in total. The van der Waals surface area contributed by atoms with Crippen molar-refractivity contribution in [2.75, 3.05) is 40.6 Å². The number of hydrogen-bond donors (Lipinski definition) is 0. The van der Waals surface area contributed by atoms with Gasteiger partial charge in [0.05, 0.1) is 13.2 Å². The molecule has 0 aromatic heterocycles. The fourth-order valence-electron chi connectivity index (χ4n) is 1.41. The summed E-state index contributed by atoms with van der Waals surface area (Å²) in [4.78, 5) is 21.9. The molecule has 0 amide bonds. The van der Waals surface area contributed by atoms with Crippen molar-refractivity contribution in [3.05, 3.63) is 0 Å². The summed E-state index contributed by atoms with van der Waals surface area (Å²) in [5.41, 5.74) is 0. The molecule has 0 bridgehead atoms. The molecule has 0 heterocycles. The maximum Gasteiger partial charge on any atom is 0.376 e. The zero-order valence-corrected chi connectivity index (χ0v) is 18.7. The number of alkyl halides is 2. The van der Waals surface area contributed by atoms with Gasteiger partial charge in [0.2, 0.25) is 0 Å². The molecular weight excluding hydrogens is 452 g/mol. The highest BCUT2D eigenvalue weighted by atomic mass is 31.2. The van der Waals surface area contributed by atoms with Crippen LogP contribution in [0.1, 0.15) is 13.8 Å². The van der Waals surface area contributed by atoms with Gasteiger partial charge >= 0.3 is 27.1 Å². The van der Waals surface area contributed by atoms with E-state index in [2.05, 4.69) is 27.6 Å². The predicted octanol–water partition coefficient (Wildman–Crippen LogP) is 2.67. The number of ether oxygens (including phenoxy) is 2. The molecule has 2 unspecified atom stereocenters. The first kappa shape index (κ1) is 30.4. The third kappa shape index (κ3) is 10.3. The first-order valence-electron chi connectivity index (χ1n) is 8.11. The van der Waals surface area contributed by atoms with Gasteiger partial charge in [-0.05, 0) is 13.8 Å². The highest BCUT2D eigenvalue weighted by Gasteiger charge is 2.43. The average Bonchev–Trinajstić information content (AvgIpc) is 2.74. The molecule has 0 saturated heterocycles. The summed E-state index contributed by atoms with van der Waals surface area (Å²) in [6.45, 7) is 2.14. The van der Waals surface area contributed by atoms with Gasteiger partial charge in [-0.1, -0.05) is 11.8 Å². The van der Waals surface area contributed by atoms with E-state index in [0.717, 1.165) is 14.2 Å². The minimum atomic E-state index is -4.12. The molecular formula is C16H24F2O10P2. The first-order valence-corrected chi connectivity index (χ1v) is 11.3. The Hall–Kier alpha value is -1.78. The van der Waals surface area contributed by atoms with E-state index in [9.17, 15) is 27.5 Å². The minimum Gasteiger partial charge on any atom is -0.450 e. The quantitative estimate of drug-likeness (QED) is 0.236. The molecule has 14 heteroatoms. The Morgan fingerprint density at radius 3 is 1.43 bits per heavy atom. The van der Waals surface area contributed by atoms with Crippen molar-refractivity contribution in [1.82, 2.24) is 0 Å². The standard InChI is InChI=1S/C9H14FO5P.C7H10FO5P/c1-4-7-13-9(11)8(10)16(12,14-5-2)15-6-3;1-4-5-13-7(9)6(8)14(10,11-2)12-3/h1,8H,5-7H2,2-3H3;1,6H,5H2,2-3H3. The van der Waals surface area contributed by atoms with Gasteiger partial charge in [-0.3, -0.25) is 9.13 Å². The van der Waals surface area contributed by atoms with Crippen molar-refractivity contribution in [2.24, 2.45) is 0 Å². The van der Waals surface area contributed by atoms with E-state index in [1.54, 1.807) is 0 Å². The van der Waals surface area contributed by atoms with E-state index in [1.807, 2.05) is 11.8 Å². The largest absolute Gasteiger partial charge is 0.450 e. The van der Waals surface area contributed by atoms with Gasteiger partial charge in [-0.2, -0.15) is 0 Å². The second-order valence-electron chi connectivity index (χ2n) is 4.58. The molecule has 0 aliphatic heterocycles. The lowest BCUT2D eigenvalue weighted by Gasteiger charge is -2.18. The van der Waals surface area contributed by atoms with Crippen molar-refractivity contribution in [2.45, 2.75) is 25.7 Å². The normalized spacial score (nSPS) is 12.9. The molecule has 0 N–H and O–H groups in total. The summed E-state index contributed by atoms with van der Waals surface area (Å²) in [5.74, 6) is -3.71. The lowest BCUT2D eigenvalue weighted by molar-refractivity contribution is -0.146. The third-order valence-corrected chi connectivity index (χ3v) is 6.45. The summed E-state index contributed by atoms with van der Waals surface area (Å²) < 4.78 is 75.9. The van der Waals surface area contributed by atoms with E-state index in [4.69, 9.17) is 12.8 Å². The van der Waals surface area contributed by atoms with E-state index in [1.165, 1.54) is 13.8 Å². The van der Waals surface area contributed by atoms with Gasteiger partial charge in [0.25, 0.3) is 11.8 Å². The Morgan fingerprint density at radius 1 is 0.833 bits per heavy atom. The van der Waals surface area contributed by atoms with Crippen LogP contribution in [0.3, 0.4) is 0 Å². The summed E-state index contributed by atoms with van der Waals surface area (Å²) in [5, 5.41) is 0. The van der Waals surface area contributed by atoms with E-state index >= 15 is 0 Å². The van der Waals surface area contributed by atoms with E-state index in [-0.39, 0.29) is 13.2 Å². The van der Waals surface area contributed by atoms with Crippen LogP contribution in [0, 0.1) is 24.7 Å². The fourth-order valence-corrected chi connectivity index (χ4v) is 3.65. The molecule has 0 fully saturated rings. The van der Waals surface area contributed by atoms with Gasteiger partial charge in [0.15, 0.2) is 13.2 Å². The Bertz CT molecular complexity index is 698. The number of terminal acetylenes is 2. The predicted molar refractivity (Wildman–Crippen MR) is 102 cm³/mol. The molecule has 0 aromatic carbocycles. The van der Waals surface area contributed by atoms with E-state index in [0.29, 0.717) is 0 Å². The van der Waals surface area contributed by atoms with Crippen LogP contribution in [-0.4, -0.2) is 64.4 Å². The SMILES string of the molecule is C#CCOC(=O)C(F)P(=O)(OC)OC.C#CCOC(=O)C(F)P(=O)(OCC)OCC. The fraction of sp³-hybridized carbons (Fsp3) is 0.625. The monoisotopic (exact) mass is 476 g/mol. The Balaban J connectivity index is 0. The molecule has 0 aliphatic carbocycles. The molecule has 172 valence electrons. The smallest absolute Gasteiger partial charge is 0.376 e. The van der Waals surface area contributed by atoms with Gasteiger partial charge in [-0.15, -0.1) is 12.8 Å². The molecule has 0 spiro atoms. The van der Waals surface area contributed by atoms with Crippen LogP contribution in [0.4, 0.5) is 8.78 Å². The van der Waals surface area contributed by atoms with Crippen LogP contribution >= 0.6 is 15.2 Å². The lowest BCUT2D eigenvalue weighted by Crippen LogP contribution is -2.21. The van der Waals surface area contributed by atoms with Crippen molar-refractivity contribution >= 4 is 27.1 Å². The highest BCUT2D eigenvalue weighted by Crippen LogP contribution is 2.54. The molecule has 0 aromatic rings. The number of halogens is 2. The van der Waals surface area contributed by atoms with Gasteiger partial charge in [0.1, 0.15) is 0 Å². The third-order valence-electron chi connectivity index (χ3n) is 2.67. The van der Waals surface area contributed by atoms with Crippen molar-refractivity contribution in [3.8, 4) is 24.7 Å². The van der Waals surface area contributed by atoms with Crippen molar-refractivity contribution < 1.29 is 55.1 Å². The van der Waals surface area contributed by atoms with Crippen molar-refractivity contribution in [1.29, 1.82) is 0 Å². The van der Waals surface area contributed by atoms with Crippen LogP contribution in [0.2, 0.25) is 0 Å². The summed E-state index contributed by atoms with van der Waals surface area (Å²) in [7, 11) is -6.27. The molecule has 2 atom stereocenters. The Kier molecular flexibility index (Phi) is 16.2. The molecule has 0 radical (unpaired) electrons. The second kappa shape index (κ2) is 16.0. The molecule has 0 aliphatic rings. The van der Waals surface area contributed by atoms with E-state index < -0.39 is 52.2 Å². The number of carbonyl (C=O) groups excluding carboxylic acids is 2. The van der Waals surface area contributed by atoms with Gasteiger partial charge in [-0.25, -0.2) is 18.4 Å². The second-order valence-corrected chi connectivity index (χ2v) is 8.89. The Labute approximate surface area is 173 Å². The average molecular weight is 476 g/mol. The zero-order valence-electron chi connectivity index (χ0n) is 16.9. The zero-order chi connectivity index (χ0) is 23.8. The van der Waals surface area contributed by atoms with Crippen molar-refractivity contribution in [3.63, 3.8) is 0 Å². The number of hydrogen-bond acceptors (Lipinski definition) is 10. The summed E-state index contributed by atoms with van der Waals surface area (Å²) >= 11 is 0. The molecule has 0 saturated carbocycles. The van der Waals surface area contributed by atoms with Gasteiger partial charge in [0, 0.05) is 14.2 Å². The Morgan fingerprint density at radius 2 is 1.17 bits per heavy atom. The number of rotatable bonds is 12. The maximum absolute atomic E-state index is 13.5. The topological polar surface area (TPSA) is 124 Å². The molecule has 30 heavy (non-hydrogen) atoms. The van der Waals surface area contributed by atoms with Crippen LogP contribution in [0.25, 0.3) is 0 Å².